The van der Waals surface area contributed by atoms with Gasteiger partial charge in [-0.05, 0) is 41.8 Å². The topological polar surface area (TPSA) is 40.6 Å². The number of rotatable bonds is 1. The Bertz CT molecular complexity index is 803. The van der Waals surface area contributed by atoms with Crippen molar-refractivity contribution < 1.29 is 9.59 Å². The van der Waals surface area contributed by atoms with Gasteiger partial charge in [0.1, 0.15) is 6.54 Å². The molecule has 24 heavy (non-hydrogen) atoms. The van der Waals surface area contributed by atoms with Crippen molar-refractivity contribution in [1.29, 1.82) is 0 Å². The van der Waals surface area contributed by atoms with Gasteiger partial charge in [0.05, 0.1) is 6.04 Å². The van der Waals surface area contributed by atoms with Gasteiger partial charge in [-0.1, -0.05) is 40.2 Å². The Morgan fingerprint density at radius 2 is 1.83 bits per heavy atom. The number of fused-ring (bicyclic) bond motifs is 3. The Morgan fingerprint density at radius 1 is 1.08 bits per heavy atom. The molecule has 5 heteroatoms. The maximum absolute atomic E-state index is 12.8. The lowest BCUT2D eigenvalue weighted by Crippen LogP contribution is -2.55. The van der Waals surface area contributed by atoms with Crippen LogP contribution in [0.3, 0.4) is 0 Å². The van der Waals surface area contributed by atoms with E-state index in [0.29, 0.717) is 12.1 Å². The second-order valence-electron chi connectivity index (χ2n) is 6.24. The van der Waals surface area contributed by atoms with Crippen molar-refractivity contribution in [1.82, 2.24) is 9.80 Å². The third-order valence-corrected chi connectivity index (χ3v) is 5.36. The van der Waals surface area contributed by atoms with Crippen molar-refractivity contribution in [2.24, 2.45) is 0 Å². The van der Waals surface area contributed by atoms with Crippen LogP contribution in [0.1, 0.15) is 27.5 Å². The quantitative estimate of drug-likeness (QED) is 0.757. The highest BCUT2D eigenvalue weighted by Crippen LogP contribution is 2.33. The minimum atomic E-state index is -0.0847. The summed E-state index contributed by atoms with van der Waals surface area (Å²) in [7, 11) is 0. The third-order valence-electron chi connectivity index (χ3n) is 4.83. The number of amides is 2. The van der Waals surface area contributed by atoms with Crippen LogP contribution < -0.4 is 0 Å². The maximum atomic E-state index is 12.8. The van der Waals surface area contributed by atoms with Crippen LogP contribution in [0.25, 0.3) is 0 Å². The molecule has 0 bridgehead atoms. The maximum Gasteiger partial charge on any atom is 0.254 e. The van der Waals surface area contributed by atoms with Crippen LogP contribution in [0, 0.1) is 0 Å². The molecule has 2 heterocycles. The molecule has 4 rings (SSSR count). The van der Waals surface area contributed by atoms with Crippen LogP contribution in [0.2, 0.25) is 0 Å². The molecule has 0 aliphatic carbocycles. The minimum absolute atomic E-state index is 0.0319. The molecular formula is C19H17BrN2O2. The zero-order chi connectivity index (χ0) is 16.7. The Labute approximate surface area is 149 Å². The summed E-state index contributed by atoms with van der Waals surface area (Å²) in [5.41, 5.74) is 3.07. The van der Waals surface area contributed by atoms with Gasteiger partial charge in [-0.2, -0.15) is 0 Å². The first kappa shape index (κ1) is 15.4. The van der Waals surface area contributed by atoms with Crippen LogP contribution in [0.4, 0.5) is 0 Å². The summed E-state index contributed by atoms with van der Waals surface area (Å²) < 4.78 is 0.932. The predicted molar refractivity (Wildman–Crippen MR) is 94.6 cm³/mol. The van der Waals surface area contributed by atoms with E-state index in [4.69, 9.17) is 0 Å². The van der Waals surface area contributed by atoms with E-state index in [-0.39, 0.29) is 24.4 Å². The predicted octanol–water partition coefficient (Wildman–Crippen LogP) is 3.03. The fourth-order valence-corrected chi connectivity index (χ4v) is 3.87. The summed E-state index contributed by atoms with van der Waals surface area (Å²) >= 11 is 3.38. The molecule has 2 aromatic rings. The van der Waals surface area contributed by atoms with Crippen LogP contribution >= 0.6 is 15.9 Å². The van der Waals surface area contributed by atoms with E-state index in [1.54, 1.807) is 17.0 Å². The summed E-state index contributed by atoms with van der Waals surface area (Å²) in [5, 5.41) is 0. The molecule has 4 nitrogen and oxygen atoms in total. The number of halogens is 1. The molecule has 0 spiro atoms. The average molecular weight is 385 g/mol. The lowest BCUT2D eigenvalue weighted by atomic mass is 9.90. The zero-order valence-electron chi connectivity index (χ0n) is 13.1. The summed E-state index contributed by atoms with van der Waals surface area (Å²) in [6.45, 7) is 1.45. The van der Waals surface area contributed by atoms with Gasteiger partial charge < -0.3 is 9.80 Å². The van der Waals surface area contributed by atoms with E-state index in [2.05, 4.69) is 28.1 Å². The van der Waals surface area contributed by atoms with E-state index in [1.807, 2.05) is 29.2 Å². The summed E-state index contributed by atoms with van der Waals surface area (Å²) in [6.07, 6.45) is 0.888. The molecule has 0 unspecified atom stereocenters. The van der Waals surface area contributed by atoms with Crippen molar-refractivity contribution in [3.63, 3.8) is 0 Å². The van der Waals surface area contributed by atoms with E-state index in [1.165, 1.54) is 11.1 Å². The Morgan fingerprint density at radius 3 is 2.62 bits per heavy atom. The molecule has 1 saturated heterocycles. The molecule has 122 valence electrons. The van der Waals surface area contributed by atoms with Crippen molar-refractivity contribution in [3.8, 4) is 0 Å². The Hall–Kier alpha value is -2.14. The molecule has 0 aromatic heterocycles. The lowest BCUT2D eigenvalue weighted by molar-refractivity contribution is -0.139. The number of hydrogen-bond acceptors (Lipinski definition) is 2. The van der Waals surface area contributed by atoms with Gasteiger partial charge in [0, 0.05) is 23.1 Å². The Balaban J connectivity index is 1.63. The van der Waals surface area contributed by atoms with Gasteiger partial charge in [0.2, 0.25) is 5.91 Å². The van der Waals surface area contributed by atoms with Gasteiger partial charge in [0.15, 0.2) is 0 Å². The van der Waals surface area contributed by atoms with E-state index in [9.17, 15) is 9.59 Å². The fraction of sp³-hybridized carbons (Fsp3) is 0.263. The first-order valence-corrected chi connectivity index (χ1v) is 8.85. The first-order valence-electron chi connectivity index (χ1n) is 8.05. The monoisotopic (exact) mass is 384 g/mol. The van der Waals surface area contributed by atoms with Gasteiger partial charge in [-0.25, -0.2) is 0 Å². The van der Waals surface area contributed by atoms with Crippen molar-refractivity contribution in [2.75, 3.05) is 19.6 Å². The SMILES string of the molecule is O=C(c1ccc(Br)cc1)N1CC(=O)N2CCc3ccccc3[C@H]2C1. The number of hydrogen-bond donors (Lipinski definition) is 0. The van der Waals surface area contributed by atoms with Gasteiger partial charge in [0.25, 0.3) is 5.91 Å². The molecule has 2 aromatic carbocycles. The molecule has 0 saturated carbocycles. The zero-order valence-corrected chi connectivity index (χ0v) is 14.7. The van der Waals surface area contributed by atoms with Crippen molar-refractivity contribution in [2.45, 2.75) is 12.5 Å². The van der Waals surface area contributed by atoms with Gasteiger partial charge >= 0.3 is 0 Å². The number of carbonyl (C=O) groups is 2. The summed E-state index contributed by atoms with van der Waals surface area (Å²) in [6, 6.07) is 15.5. The van der Waals surface area contributed by atoms with Crippen LogP contribution in [-0.4, -0.2) is 41.2 Å². The second kappa shape index (κ2) is 6.06. The molecule has 2 aliphatic heterocycles. The van der Waals surface area contributed by atoms with E-state index in [0.717, 1.165) is 17.4 Å². The Kier molecular flexibility index (Phi) is 3.88. The molecule has 2 aliphatic rings. The highest BCUT2D eigenvalue weighted by molar-refractivity contribution is 9.10. The molecular weight excluding hydrogens is 368 g/mol. The highest BCUT2D eigenvalue weighted by atomic mass is 79.9. The number of piperazine rings is 1. The molecule has 0 N–H and O–H groups in total. The van der Waals surface area contributed by atoms with Crippen LogP contribution in [0.5, 0.6) is 0 Å². The molecule has 2 amide bonds. The first-order chi connectivity index (χ1) is 11.6. The van der Waals surface area contributed by atoms with E-state index < -0.39 is 0 Å². The van der Waals surface area contributed by atoms with Gasteiger partial charge in [-0.3, -0.25) is 9.59 Å². The fourth-order valence-electron chi connectivity index (χ4n) is 3.60. The lowest BCUT2D eigenvalue weighted by Gasteiger charge is -2.44. The minimum Gasteiger partial charge on any atom is -0.332 e. The van der Waals surface area contributed by atoms with Crippen molar-refractivity contribution in [3.05, 3.63) is 69.7 Å². The largest absolute Gasteiger partial charge is 0.332 e. The standard InChI is InChI=1S/C19H17BrN2O2/c20-15-7-5-14(6-8-15)19(24)21-11-17-16-4-2-1-3-13(16)9-10-22(17)18(23)12-21/h1-8,17H,9-12H2/t17-/m1/s1. The molecule has 0 radical (unpaired) electrons. The molecule has 1 fully saturated rings. The smallest absolute Gasteiger partial charge is 0.254 e. The highest BCUT2D eigenvalue weighted by Gasteiger charge is 2.38. The van der Waals surface area contributed by atoms with Crippen LogP contribution in [0.15, 0.2) is 53.0 Å². The number of nitrogens with zero attached hydrogens (tertiary/aromatic N) is 2. The summed E-state index contributed by atoms with van der Waals surface area (Å²) in [5.74, 6) is -0.0511. The normalized spacial score (nSPS) is 19.7. The number of benzene rings is 2. The van der Waals surface area contributed by atoms with Crippen molar-refractivity contribution >= 4 is 27.7 Å². The second-order valence-corrected chi connectivity index (χ2v) is 7.16. The third kappa shape index (κ3) is 2.63. The summed E-state index contributed by atoms with van der Waals surface area (Å²) in [4.78, 5) is 28.9. The number of carbonyl (C=O) groups excluding carboxylic acids is 2. The molecule has 1 atom stereocenters. The van der Waals surface area contributed by atoms with Gasteiger partial charge in [-0.15, -0.1) is 0 Å². The van der Waals surface area contributed by atoms with E-state index >= 15 is 0 Å². The van der Waals surface area contributed by atoms with Crippen LogP contribution in [-0.2, 0) is 11.2 Å². The average Bonchev–Trinajstić information content (AvgIpc) is 2.61.